The second-order valence-electron chi connectivity index (χ2n) is 9.06. The van der Waals surface area contributed by atoms with Crippen LogP contribution in [0.15, 0.2) is 12.1 Å². The summed E-state index contributed by atoms with van der Waals surface area (Å²) in [7, 11) is 0. The first-order valence-electron chi connectivity index (χ1n) is 10.6. The number of carbonyl (C=O) groups excluding carboxylic acids is 3. The third-order valence-electron chi connectivity index (χ3n) is 5.10. The molecule has 0 aromatic heterocycles. The van der Waals surface area contributed by atoms with E-state index in [2.05, 4.69) is 20.4 Å². The zero-order valence-electron chi connectivity index (χ0n) is 18.7. The molecular formula is C22H32N4O5. The van der Waals surface area contributed by atoms with Crippen molar-refractivity contribution in [1.29, 1.82) is 0 Å². The van der Waals surface area contributed by atoms with E-state index in [1.807, 2.05) is 20.8 Å². The molecule has 31 heavy (non-hydrogen) atoms. The van der Waals surface area contributed by atoms with Gasteiger partial charge in [0.2, 0.25) is 18.6 Å². The van der Waals surface area contributed by atoms with E-state index in [4.69, 9.17) is 9.47 Å². The van der Waals surface area contributed by atoms with Gasteiger partial charge in [0.05, 0.1) is 18.8 Å². The smallest absolute Gasteiger partial charge is 0.238 e. The molecule has 2 N–H and O–H groups in total. The average Bonchev–Trinajstić information content (AvgIpc) is 2.99. The van der Waals surface area contributed by atoms with E-state index < -0.39 is 0 Å². The molecular weight excluding hydrogens is 400 g/mol. The fourth-order valence-electron chi connectivity index (χ4n) is 3.73. The molecule has 0 unspecified atom stereocenters. The van der Waals surface area contributed by atoms with Crippen molar-refractivity contribution in [1.82, 2.24) is 15.1 Å². The van der Waals surface area contributed by atoms with Crippen LogP contribution in [0.5, 0.6) is 11.5 Å². The Kier molecular flexibility index (Phi) is 7.17. The minimum Gasteiger partial charge on any atom is -0.454 e. The summed E-state index contributed by atoms with van der Waals surface area (Å²) in [4.78, 5) is 41.0. The number of rotatable bonds is 6. The van der Waals surface area contributed by atoms with Crippen LogP contribution in [-0.4, -0.2) is 79.0 Å². The minimum absolute atomic E-state index is 0.0123. The van der Waals surface area contributed by atoms with Gasteiger partial charge in [-0.15, -0.1) is 0 Å². The minimum atomic E-state index is -0.250. The number of hydrogen-bond donors (Lipinski definition) is 2. The number of benzene rings is 1. The highest BCUT2D eigenvalue weighted by molar-refractivity contribution is 6.05. The Labute approximate surface area is 183 Å². The Balaban J connectivity index is 1.54. The number of nitrogens with one attached hydrogen (secondary N) is 2. The topological polar surface area (TPSA) is 100 Å². The number of hydrogen-bond acceptors (Lipinski definition) is 7. The largest absolute Gasteiger partial charge is 0.454 e. The number of ketones is 1. The molecule has 1 saturated heterocycles. The van der Waals surface area contributed by atoms with Crippen LogP contribution in [0.3, 0.4) is 0 Å². The molecule has 0 spiro atoms. The fraction of sp³-hybridized carbons (Fsp3) is 0.591. The van der Waals surface area contributed by atoms with Crippen LogP contribution in [-0.2, 0) is 9.59 Å². The molecule has 2 amide bonds. The molecule has 2 aliphatic rings. The molecule has 2 aliphatic heterocycles. The predicted molar refractivity (Wildman–Crippen MR) is 117 cm³/mol. The van der Waals surface area contributed by atoms with Crippen LogP contribution < -0.4 is 20.1 Å². The van der Waals surface area contributed by atoms with Crippen LogP contribution in [0.4, 0.5) is 5.69 Å². The van der Waals surface area contributed by atoms with Gasteiger partial charge in [-0.1, -0.05) is 0 Å². The van der Waals surface area contributed by atoms with Crippen LogP contribution >= 0.6 is 0 Å². The first kappa shape index (κ1) is 23.0. The second-order valence-corrected chi connectivity index (χ2v) is 9.06. The summed E-state index contributed by atoms with van der Waals surface area (Å²) >= 11 is 0. The number of nitrogens with zero attached hydrogens (tertiary/aromatic N) is 2. The highest BCUT2D eigenvalue weighted by Crippen LogP contribution is 2.37. The maximum atomic E-state index is 12.7. The summed E-state index contributed by atoms with van der Waals surface area (Å²) < 4.78 is 10.7. The molecule has 3 rings (SSSR count). The number of carbonyl (C=O) groups is 3. The third-order valence-corrected chi connectivity index (χ3v) is 5.10. The number of amides is 2. The lowest BCUT2D eigenvalue weighted by Crippen LogP contribution is -2.46. The van der Waals surface area contributed by atoms with Crippen LogP contribution in [0, 0.1) is 0 Å². The predicted octanol–water partition coefficient (Wildman–Crippen LogP) is 1.48. The van der Waals surface area contributed by atoms with Gasteiger partial charge in [-0.05, 0) is 53.3 Å². The molecule has 1 aromatic rings. The molecule has 170 valence electrons. The Morgan fingerprint density at radius 2 is 1.52 bits per heavy atom. The molecule has 1 fully saturated rings. The first-order chi connectivity index (χ1) is 14.6. The molecule has 0 atom stereocenters. The van der Waals surface area contributed by atoms with E-state index in [9.17, 15) is 14.4 Å². The lowest BCUT2D eigenvalue weighted by Gasteiger charge is -2.25. The molecule has 0 bridgehead atoms. The summed E-state index contributed by atoms with van der Waals surface area (Å²) in [6.45, 7) is 11.0. The maximum absolute atomic E-state index is 12.7. The van der Waals surface area contributed by atoms with Gasteiger partial charge in [-0.3, -0.25) is 24.2 Å². The van der Waals surface area contributed by atoms with Crippen molar-refractivity contribution in [3.8, 4) is 11.5 Å². The van der Waals surface area contributed by atoms with Crippen molar-refractivity contribution in [2.45, 2.75) is 39.7 Å². The summed E-state index contributed by atoms with van der Waals surface area (Å²) in [6, 6.07) is 3.24. The summed E-state index contributed by atoms with van der Waals surface area (Å²) in [6.07, 6.45) is 0.874. The lowest BCUT2D eigenvalue weighted by molar-refractivity contribution is -0.123. The fourth-order valence-corrected chi connectivity index (χ4v) is 3.73. The molecule has 0 radical (unpaired) electrons. The van der Waals surface area contributed by atoms with E-state index in [-0.39, 0.29) is 36.5 Å². The molecule has 1 aromatic carbocycles. The summed E-state index contributed by atoms with van der Waals surface area (Å²) in [5.41, 5.74) is 0.571. The Morgan fingerprint density at radius 3 is 2.10 bits per heavy atom. The quantitative estimate of drug-likeness (QED) is 0.657. The Hall–Kier alpha value is -2.65. The third kappa shape index (κ3) is 6.67. The Bertz CT molecular complexity index is 849. The van der Waals surface area contributed by atoms with Gasteiger partial charge in [-0.25, -0.2) is 0 Å². The van der Waals surface area contributed by atoms with Crippen molar-refractivity contribution in [3.63, 3.8) is 0 Å². The zero-order chi connectivity index (χ0) is 22.6. The molecule has 0 aliphatic carbocycles. The molecule has 2 heterocycles. The summed E-state index contributed by atoms with van der Waals surface area (Å²) in [5.74, 6) is 0.677. The number of fused-ring (bicyclic) bond motifs is 1. The molecule has 9 heteroatoms. The van der Waals surface area contributed by atoms with Crippen LogP contribution in [0.25, 0.3) is 0 Å². The number of Topliss-reactive ketones (excluding diaryl/α,β-unsaturated/α-hetero) is 1. The van der Waals surface area contributed by atoms with Crippen LogP contribution in [0.1, 0.15) is 44.5 Å². The van der Waals surface area contributed by atoms with Gasteiger partial charge >= 0.3 is 0 Å². The van der Waals surface area contributed by atoms with Gasteiger partial charge < -0.3 is 20.1 Å². The highest BCUT2D eigenvalue weighted by atomic mass is 16.7. The first-order valence-corrected chi connectivity index (χ1v) is 10.6. The second kappa shape index (κ2) is 9.65. The summed E-state index contributed by atoms with van der Waals surface area (Å²) in [5, 5.41) is 5.83. The van der Waals surface area contributed by atoms with E-state index in [0.29, 0.717) is 42.4 Å². The molecule has 9 nitrogen and oxygen atoms in total. The standard InChI is InChI=1S/C22H32N4O5/c1-15(27)16-10-18-19(31-14-30-18)11-17(16)23-20(28)12-25-6-5-7-26(9-8-25)13-21(29)24-22(2,3)4/h10-11H,5-9,12-14H2,1-4H3,(H,23,28)(H,24,29). The van der Waals surface area contributed by atoms with Crippen molar-refractivity contribution < 1.29 is 23.9 Å². The van der Waals surface area contributed by atoms with Gasteiger partial charge in [-0.2, -0.15) is 0 Å². The molecule has 0 saturated carbocycles. The highest BCUT2D eigenvalue weighted by Gasteiger charge is 2.23. The Morgan fingerprint density at radius 1 is 0.935 bits per heavy atom. The van der Waals surface area contributed by atoms with Gasteiger partial charge in [0, 0.05) is 30.3 Å². The SMILES string of the molecule is CC(=O)c1cc2c(cc1NC(=O)CN1CCCN(CC(=O)NC(C)(C)C)CC1)OCO2. The van der Waals surface area contributed by atoms with E-state index in [1.165, 1.54) is 6.92 Å². The number of ether oxygens (including phenoxy) is 2. The van der Waals surface area contributed by atoms with Gasteiger partial charge in [0.25, 0.3) is 0 Å². The zero-order valence-corrected chi connectivity index (χ0v) is 18.7. The van der Waals surface area contributed by atoms with Gasteiger partial charge in [0.15, 0.2) is 17.3 Å². The van der Waals surface area contributed by atoms with Crippen molar-refractivity contribution >= 4 is 23.3 Å². The van der Waals surface area contributed by atoms with Crippen molar-refractivity contribution in [2.24, 2.45) is 0 Å². The van der Waals surface area contributed by atoms with Gasteiger partial charge in [0.1, 0.15) is 0 Å². The van der Waals surface area contributed by atoms with Crippen molar-refractivity contribution in [2.75, 3.05) is 51.4 Å². The normalized spacial score (nSPS) is 17.2. The monoisotopic (exact) mass is 432 g/mol. The van der Waals surface area contributed by atoms with E-state index in [1.54, 1.807) is 12.1 Å². The lowest BCUT2D eigenvalue weighted by atomic mass is 10.1. The number of anilines is 1. The average molecular weight is 433 g/mol. The van der Waals surface area contributed by atoms with E-state index in [0.717, 1.165) is 19.5 Å². The van der Waals surface area contributed by atoms with Crippen LogP contribution in [0.2, 0.25) is 0 Å². The maximum Gasteiger partial charge on any atom is 0.238 e. The van der Waals surface area contributed by atoms with E-state index >= 15 is 0 Å². The van der Waals surface area contributed by atoms with Crippen molar-refractivity contribution in [3.05, 3.63) is 17.7 Å².